The van der Waals surface area contributed by atoms with E-state index in [0.717, 1.165) is 77.0 Å². The molecule has 0 aliphatic carbocycles. The summed E-state index contributed by atoms with van der Waals surface area (Å²) in [5.74, 6) is -0.534. The monoisotopic (exact) mass is 850 g/mol. The summed E-state index contributed by atoms with van der Waals surface area (Å²) in [6, 6.07) is 0. The summed E-state index contributed by atoms with van der Waals surface area (Å²) in [4.78, 5) is 34.0. The maximum Gasteiger partial charge on any atom is 0.472 e. The third-order valence-corrected chi connectivity index (χ3v) is 10.9. The topological polar surface area (TPSA) is 131 Å². The second-order valence-corrected chi connectivity index (χ2v) is 17.1. The Morgan fingerprint density at radius 2 is 0.966 bits per heavy atom. The number of phosphoric ester groups is 1. The number of carbonyl (C=O) groups is 2. The van der Waals surface area contributed by atoms with E-state index in [1.165, 1.54) is 96.3 Å². The van der Waals surface area contributed by atoms with E-state index in [1.807, 2.05) is 0 Å². The predicted molar refractivity (Wildman–Crippen MR) is 247 cm³/mol. The minimum atomic E-state index is -4.43. The first kappa shape index (κ1) is 56.7. The maximum absolute atomic E-state index is 12.1. The second-order valence-electron chi connectivity index (χ2n) is 15.7. The predicted octanol–water partition coefficient (Wildman–Crippen LogP) is 13.7. The quantitative estimate of drug-likeness (QED) is 0.0239. The molecule has 0 saturated carbocycles. The Morgan fingerprint density at radius 3 is 1.46 bits per heavy atom. The van der Waals surface area contributed by atoms with E-state index in [1.54, 1.807) is 0 Å². The zero-order valence-electron chi connectivity index (χ0n) is 37.7. The van der Waals surface area contributed by atoms with Crippen LogP contribution in [0.1, 0.15) is 206 Å². The van der Waals surface area contributed by atoms with Gasteiger partial charge in [-0.05, 0) is 77.0 Å². The molecule has 2 atom stereocenters. The normalized spacial score (nSPS) is 13.8. The minimum Gasteiger partial charge on any atom is -0.463 e. The highest BCUT2D eigenvalue weighted by atomic mass is 31.2. The number of phosphoric acid groups is 1. The smallest absolute Gasteiger partial charge is 0.463 e. The number of esters is 1. The summed E-state index contributed by atoms with van der Waals surface area (Å²) < 4.78 is 26.9. The zero-order valence-corrected chi connectivity index (χ0v) is 38.6. The molecule has 0 spiro atoms. The molecule has 9 nitrogen and oxygen atoms in total. The van der Waals surface area contributed by atoms with Crippen LogP contribution >= 0.6 is 7.82 Å². The molecule has 0 bridgehead atoms. The third-order valence-electron chi connectivity index (χ3n) is 9.93. The summed E-state index contributed by atoms with van der Waals surface area (Å²) >= 11 is 0. The average Bonchev–Trinajstić information content (AvgIpc) is 3.22. The summed E-state index contributed by atoms with van der Waals surface area (Å²) in [6.07, 6.45) is 54.4. The molecule has 0 aliphatic heterocycles. The van der Waals surface area contributed by atoms with E-state index in [0.29, 0.717) is 12.8 Å². The van der Waals surface area contributed by atoms with Gasteiger partial charge in [0.1, 0.15) is 12.7 Å². The van der Waals surface area contributed by atoms with Gasteiger partial charge in [0, 0.05) is 19.4 Å². The molecule has 0 saturated heterocycles. The molecular weight excluding hydrogens is 762 g/mol. The summed E-state index contributed by atoms with van der Waals surface area (Å²) in [7, 11) is -4.43. The van der Waals surface area contributed by atoms with Gasteiger partial charge in [-0.25, -0.2) is 4.57 Å². The van der Waals surface area contributed by atoms with Gasteiger partial charge in [0.05, 0.1) is 13.2 Å². The minimum absolute atomic E-state index is 0.0775. The number of ether oxygens (including phenoxy) is 1. The molecule has 2 unspecified atom stereocenters. The lowest BCUT2D eigenvalue weighted by Crippen LogP contribution is -2.27. The van der Waals surface area contributed by atoms with Crippen molar-refractivity contribution in [3.8, 4) is 0 Å². The molecule has 0 aromatic heterocycles. The molecule has 0 fully saturated rings. The molecule has 10 heteroatoms. The number of hydrogen-bond acceptors (Lipinski definition) is 7. The van der Waals surface area contributed by atoms with Crippen LogP contribution in [0.4, 0.5) is 0 Å². The number of hydrogen-bond donors (Lipinski definition) is 3. The van der Waals surface area contributed by atoms with Crippen LogP contribution in [0.15, 0.2) is 60.8 Å². The van der Waals surface area contributed by atoms with Crippen LogP contribution in [-0.4, -0.2) is 54.3 Å². The number of allylic oxidation sites excluding steroid dienone is 10. The van der Waals surface area contributed by atoms with E-state index >= 15 is 0 Å². The van der Waals surface area contributed by atoms with Crippen LogP contribution in [-0.2, 0) is 27.9 Å². The molecule has 3 N–H and O–H groups in total. The number of carbonyl (C=O) groups excluding carboxylic acids is 2. The first-order valence-electron chi connectivity index (χ1n) is 23.8. The Balaban J connectivity index is 3.57. The zero-order chi connectivity index (χ0) is 43.2. The van der Waals surface area contributed by atoms with Gasteiger partial charge in [0.25, 0.3) is 0 Å². The largest absolute Gasteiger partial charge is 0.472 e. The van der Waals surface area contributed by atoms with Crippen molar-refractivity contribution in [3.63, 3.8) is 0 Å². The fourth-order valence-corrected chi connectivity index (χ4v) is 7.12. The number of nitrogens with one attached hydrogen (secondary N) is 1. The molecule has 59 heavy (non-hydrogen) atoms. The first-order valence-corrected chi connectivity index (χ1v) is 25.3. The van der Waals surface area contributed by atoms with Gasteiger partial charge in [-0.3, -0.25) is 18.6 Å². The van der Waals surface area contributed by atoms with E-state index in [9.17, 15) is 24.2 Å². The Labute approximate surface area is 361 Å². The molecule has 1 amide bonds. The van der Waals surface area contributed by atoms with Crippen LogP contribution < -0.4 is 5.32 Å². The summed E-state index contributed by atoms with van der Waals surface area (Å²) in [5.41, 5.74) is 0. The summed E-state index contributed by atoms with van der Waals surface area (Å²) in [6.45, 7) is 3.40. The van der Waals surface area contributed by atoms with Crippen molar-refractivity contribution in [2.24, 2.45) is 0 Å². The lowest BCUT2D eigenvalue weighted by molar-refractivity contribution is -0.147. The van der Waals surface area contributed by atoms with Gasteiger partial charge in [-0.1, -0.05) is 177 Å². The van der Waals surface area contributed by atoms with Gasteiger partial charge in [-0.15, -0.1) is 0 Å². The van der Waals surface area contributed by atoms with E-state index in [-0.39, 0.29) is 32.1 Å². The third kappa shape index (κ3) is 46.6. The van der Waals surface area contributed by atoms with E-state index in [2.05, 4.69) is 79.9 Å². The van der Waals surface area contributed by atoms with E-state index < -0.39 is 26.5 Å². The highest BCUT2D eigenvalue weighted by Crippen LogP contribution is 2.42. The van der Waals surface area contributed by atoms with Crippen molar-refractivity contribution in [1.29, 1.82) is 0 Å². The maximum atomic E-state index is 12.1. The molecule has 0 heterocycles. The molecule has 0 aliphatic rings. The number of aliphatic hydroxyl groups is 1. The van der Waals surface area contributed by atoms with Gasteiger partial charge in [-0.2, -0.15) is 0 Å². The van der Waals surface area contributed by atoms with Crippen molar-refractivity contribution in [3.05, 3.63) is 60.8 Å². The average molecular weight is 850 g/mol. The van der Waals surface area contributed by atoms with Crippen molar-refractivity contribution in [2.75, 3.05) is 26.4 Å². The van der Waals surface area contributed by atoms with Crippen LogP contribution in [0.25, 0.3) is 0 Å². The van der Waals surface area contributed by atoms with Crippen LogP contribution in [0.2, 0.25) is 0 Å². The fourth-order valence-electron chi connectivity index (χ4n) is 6.37. The molecule has 0 aromatic carbocycles. The molecule has 0 aromatic rings. The molecule has 342 valence electrons. The second kappa shape index (κ2) is 45.2. The van der Waals surface area contributed by atoms with Gasteiger partial charge in [0.15, 0.2) is 0 Å². The standard InChI is InChI=1S/C49H88NO8P/c1-3-5-7-9-11-13-15-17-19-20-21-22-23-24-25-26-28-29-31-33-35-37-39-41-48(52)50-43-44-57-59(54,55)58-46-47(51)45-56-49(53)42-40-38-36-34-32-30-27-18-16-14-12-10-8-6-4-2/h6,8,11-14,17-19,27,47,51H,3-5,7,9-10,15-16,20-26,28-46H2,1-2H3,(H,50,52)(H,54,55)/b8-6-,13-11-,14-12-,19-17-,27-18-. The highest BCUT2D eigenvalue weighted by Gasteiger charge is 2.23. The van der Waals surface area contributed by atoms with Crippen molar-refractivity contribution >= 4 is 19.7 Å². The molecular formula is C49H88NO8P. The molecule has 0 radical (unpaired) electrons. The Hall–Kier alpha value is -2.29. The van der Waals surface area contributed by atoms with Crippen LogP contribution in [0.3, 0.4) is 0 Å². The Kier molecular flexibility index (Phi) is 43.5. The van der Waals surface area contributed by atoms with Gasteiger partial charge < -0.3 is 20.1 Å². The van der Waals surface area contributed by atoms with Crippen molar-refractivity contribution in [1.82, 2.24) is 5.32 Å². The highest BCUT2D eigenvalue weighted by molar-refractivity contribution is 7.47. The number of unbranched alkanes of at least 4 members (excludes halogenated alkanes) is 21. The van der Waals surface area contributed by atoms with Gasteiger partial charge >= 0.3 is 13.8 Å². The number of aliphatic hydroxyl groups excluding tert-OH is 1. The fraction of sp³-hybridized carbons (Fsp3) is 0.755. The van der Waals surface area contributed by atoms with E-state index in [4.69, 9.17) is 13.8 Å². The lowest BCUT2D eigenvalue weighted by Gasteiger charge is -2.15. The SMILES string of the molecule is CC/C=C\C/C=C\C/C=C\CCCCCCCC(=O)OCC(O)COP(=O)(O)OCCNC(=O)CCCCCCCCCCCCCCC/C=C\C/C=C\CCCCC. The van der Waals surface area contributed by atoms with Crippen molar-refractivity contribution in [2.45, 2.75) is 213 Å². The van der Waals surface area contributed by atoms with Gasteiger partial charge in [0.2, 0.25) is 5.91 Å². The molecule has 0 rings (SSSR count). The number of amides is 1. The number of rotatable bonds is 44. The van der Waals surface area contributed by atoms with Crippen LogP contribution in [0.5, 0.6) is 0 Å². The Morgan fingerprint density at radius 1 is 0.542 bits per heavy atom. The first-order chi connectivity index (χ1) is 28.8. The van der Waals surface area contributed by atoms with Crippen LogP contribution in [0, 0.1) is 0 Å². The Bertz CT molecular complexity index is 1150. The van der Waals surface area contributed by atoms with Crippen molar-refractivity contribution < 1.29 is 37.9 Å². The summed E-state index contributed by atoms with van der Waals surface area (Å²) in [5, 5.41) is 12.7. The lowest BCUT2D eigenvalue weighted by atomic mass is 10.0.